The summed E-state index contributed by atoms with van der Waals surface area (Å²) < 4.78 is 0. The highest BCUT2D eigenvalue weighted by atomic mass is 35.5. The first-order valence-electron chi connectivity index (χ1n) is 6.99. The fourth-order valence-corrected chi connectivity index (χ4v) is 1.85. The Labute approximate surface area is 128 Å². The van der Waals surface area contributed by atoms with Crippen LogP contribution in [0.15, 0.2) is 24.3 Å². The average molecular weight is 299 g/mol. The van der Waals surface area contributed by atoms with Gasteiger partial charge in [0.2, 0.25) is 5.91 Å². The molecule has 1 aromatic rings. The maximum atomic E-state index is 11.6. The molecule has 0 bridgehead atoms. The van der Waals surface area contributed by atoms with Crippen LogP contribution in [-0.2, 0) is 16.6 Å². The minimum absolute atomic E-state index is 0. The van der Waals surface area contributed by atoms with Crippen molar-refractivity contribution >= 4 is 18.3 Å². The van der Waals surface area contributed by atoms with Gasteiger partial charge in [-0.05, 0) is 35.9 Å². The molecule has 0 aromatic heterocycles. The second-order valence-electron chi connectivity index (χ2n) is 5.94. The summed E-state index contributed by atoms with van der Waals surface area (Å²) in [5, 5.41) is 2.87. The van der Waals surface area contributed by atoms with Crippen LogP contribution in [0.5, 0.6) is 0 Å². The smallest absolute Gasteiger partial charge is 0.220 e. The number of halogens is 1. The van der Waals surface area contributed by atoms with Crippen LogP contribution in [-0.4, -0.2) is 19.0 Å². The van der Waals surface area contributed by atoms with E-state index >= 15 is 0 Å². The molecular weight excluding hydrogens is 272 g/mol. The molecule has 0 radical (unpaired) electrons. The fourth-order valence-electron chi connectivity index (χ4n) is 1.85. The molecule has 3 N–H and O–H groups in total. The van der Waals surface area contributed by atoms with Gasteiger partial charge in [-0.25, -0.2) is 0 Å². The van der Waals surface area contributed by atoms with Gasteiger partial charge < -0.3 is 11.1 Å². The molecule has 114 valence electrons. The van der Waals surface area contributed by atoms with E-state index in [4.69, 9.17) is 5.73 Å². The number of hydrogen-bond donors (Lipinski definition) is 2. The molecule has 3 nitrogen and oxygen atoms in total. The number of nitrogens with two attached hydrogens (primary N) is 1. The zero-order valence-electron chi connectivity index (χ0n) is 12.7. The number of hydrogen-bond acceptors (Lipinski definition) is 2. The summed E-state index contributed by atoms with van der Waals surface area (Å²) in [5.74, 6) is 0.105. The minimum Gasteiger partial charge on any atom is -0.356 e. The number of amides is 1. The van der Waals surface area contributed by atoms with Gasteiger partial charge in [0.1, 0.15) is 0 Å². The number of benzene rings is 1. The molecular formula is C16H27ClN2O. The van der Waals surface area contributed by atoms with Gasteiger partial charge in [0.25, 0.3) is 0 Å². The van der Waals surface area contributed by atoms with E-state index in [0.29, 0.717) is 19.5 Å². The van der Waals surface area contributed by atoms with Crippen molar-refractivity contribution in [2.45, 2.75) is 45.4 Å². The summed E-state index contributed by atoms with van der Waals surface area (Å²) in [6.07, 6.45) is 2.17. The van der Waals surface area contributed by atoms with Crippen molar-refractivity contribution in [2.75, 3.05) is 13.1 Å². The molecule has 0 unspecified atom stereocenters. The Morgan fingerprint density at radius 3 is 2.30 bits per heavy atom. The molecule has 0 saturated carbocycles. The zero-order chi connectivity index (χ0) is 14.3. The Hall–Kier alpha value is -1.06. The molecule has 1 rings (SSSR count). The maximum absolute atomic E-state index is 11.6. The molecule has 0 saturated heterocycles. The fraction of sp³-hybridized carbons (Fsp3) is 0.562. The molecule has 0 spiro atoms. The third-order valence-corrected chi connectivity index (χ3v) is 3.16. The monoisotopic (exact) mass is 298 g/mol. The van der Waals surface area contributed by atoms with E-state index in [1.165, 1.54) is 11.1 Å². The summed E-state index contributed by atoms with van der Waals surface area (Å²) >= 11 is 0. The van der Waals surface area contributed by atoms with E-state index in [2.05, 4.69) is 50.4 Å². The predicted octanol–water partition coefficient (Wildman–Crippen LogP) is 2.80. The van der Waals surface area contributed by atoms with E-state index in [-0.39, 0.29) is 23.7 Å². The zero-order valence-corrected chi connectivity index (χ0v) is 13.6. The molecule has 20 heavy (non-hydrogen) atoms. The van der Waals surface area contributed by atoms with Gasteiger partial charge in [-0.1, -0.05) is 45.0 Å². The van der Waals surface area contributed by atoms with E-state index < -0.39 is 0 Å². The van der Waals surface area contributed by atoms with Gasteiger partial charge in [-0.2, -0.15) is 0 Å². The van der Waals surface area contributed by atoms with Crippen LogP contribution in [0.3, 0.4) is 0 Å². The molecule has 0 heterocycles. The Morgan fingerprint density at radius 1 is 1.20 bits per heavy atom. The number of aryl methyl sites for hydroxylation is 1. The van der Waals surface area contributed by atoms with Crippen molar-refractivity contribution in [3.8, 4) is 0 Å². The van der Waals surface area contributed by atoms with Crippen molar-refractivity contribution in [1.82, 2.24) is 5.32 Å². The van der Waals surface area contributed by atoms with Crippen LogP contribution in [0, 0.1) is 0 Å². The van der Waals surface area contributed by atoms with E-state index in [1.807, 2.05) is 0 Å². The van der Waals surface area contributed by atoms with Crippen molar-refractivity contribution in [3.05, 3.63) is 35.4 Å². The Bertz CT molecular complexity index is 396. The average Bonchev–Trinajstić information content (AvgIpc) is 2.36. The molecule has 0 fully saturated rings. The van der Waals surface area contributed by atoms with E-state index in [0.717, 1.165) is 12.8 Å². The van der Waals surface area contributed by atoms with Crippen LogP contribution < -0.4 is 11.1 Å². The predicted molar refractivity (Wildman–Crippen MR) is 87.4 cm³/mol. The number of carbonyl (C=O) groups is 1. The highest BCUT2D eigenvalue weighted by molar-refractivity contribution is 5.85. The van der Waals surface area contributed by atoms with E-state index in [9.17, 15) is 4.79 Å². The van der Waals surface area contributed by atoms with Crippen LogP contribution in [0.4, 0.5) is 0 Å². The van der Waals surface area contributed by atoms with Crippen LogP contribution in [0.2, 0.25) is 0 Å². The van der Waals surface area contributed by atoms with Crippen LogP contribution >= 0.6 is 12.4 Å². The first-order chi connectivity index (χ1) is 8.93. The molecule has 0 aliphatic rings. The molecule has 1 aromatic carbocycles. The van der Waals surface area contributed by atoms with Crippen molar-refractivity contribution < 1.29 is 4.79 Å². The summed E-state index contributed by atoms with van der Waals surface area (Å²) in [5.41, 5.74) is 8.09. The first kappa shape index (κ1) is 18.9. The van der Waals surface area contributed by atoms with Gasteiger partial charge >= 0.3 is 0 Å². The third-order valence-electron chi connectivity index (χ3n) is 3.16. The van der Waals surface area contributed by atoms with Gasteiger partial charge in [0.15, 0.2) is 0 Å². The van der Waals surface area contributed by atoms with Crippen LogP contribution in [0.1, 0.15) is 44.7 Å². The highest BCUT2D eigenvalue weighted by Gasteiger charge is 2.12. The van der Waals surface area contributed by atoms with Crippen molar-refractivity contribution in [3.63, 3.8) is 0 Å². The first-order valence-corrected chi connectivity index (χ1v) is 6.99. The molecule has 0 atom stereocenters. The Morgan fingerprint density at radius 2 is 1.80 bits per heavy atom. The molecule has 1 amide bonds. The molecule has 4 heteroatoms. The molecule has 0 aliphatic carbocycles. The second-order valence-corrected chi connectivity index (χ2v) is 5.94. The molecule has 0 aliphatic heterocycles. The van der Waals surface area contributed by atoms with Gasteiger partial charge in [-0.15, -0.1) is 12.4 Å². The Balaban J connectivity index is 0.00000361. The van der Waals surface area contributed by atoms with E-state index in [1.54, 1.807) is 0 Å². The van der Waals surface area contributed by atoms with Gasteiger partial charge in [0, 0.05) is 13.0 Å². The lowest BCUT2D eigenvalue weighted by molar-refractivity contribution is -0.121. The van der Waals surface area contributed by atoms with Crippen molar-refractivity contribution in [1.29, 1.82) is 0 Å². The number of carbonyl (C=O) groups excluding carboxylic acids is 1. The lowest BCUT2D eigenvalue weighted by Crippen LogP contribution is -2.26. The van der Waals surface area contributed by atoms with Crippen LogP contribution in [0.25, 0.3) is 0 Å². The third kappa shape index (κ3) is 6.92. The summed E-state index contributed by atoms with van der Waals surface area (Å²) in [7, 11) is 0. The minimum atomic E-state index is 0. The lowest BCUT2D eigenvalue weighted by atomic mass is 9.86. The lowest BCUT2D eigenvalue weighted by Gasteiger charge is -2.19. The SMILES string of the molecule is CC(C)(C)c1ccc(CCC(=O)NCCCN)cc1.Cl. The Kier molecular flexibility index (Phi) is 8.51. The van der Waals surface area contributed by atoms with Crippen molar-refractivity contribution in [2.24, 2.45) is 5.73 Å². The number of rotatable bonds is 6. The second kappa shape index (κ2) is 8.98. The summed E-state index contributed by atoms with van der Waals surface area (Å²) in [4.78, 5) is 11.6. The summed E-state index contributed by atoms with van der Waals surface area (Å²) in [6, 6.07) is 8.55. The summed E-state index contributed by atoms with van der Waals surface area (Å²) in [6.45, 7) is 7.90. The maximum Gasteiger partial charge on any atom is 0.220 e. The standard InChI is InChI=1S/C16H26N2O.ClH/c1-16(2,3)14-8-5-13(6-9-14)7-10-15(19)18-12-4-11-17;/h5-6,8-9H,4,7,10-12,17H2,1-3H3,(H,18,19);1H. The topological polar surface area (TPSA) is 55.1 Å². The number of nitrogens with one attached hydrogen (secondary N) is 1. The van der Waals surface area contributed by atoms with Gasteiger partial charge in [-0.3, -0.25) is 4.79 Å². The quantitative estimate of drug-likeness (QED) is 0.794. The van der Waals surface area contributed by atoms with Gasteiger partial charge in [0.05, 0.1) is 0 Å². The largest absolute Gasteiger partial charge is 0.356 e. The normalized spacial score (nSPS) is 10.8. The highest BCUT2D eigenvalue weighted by Crippen LogP contribution is 2.22.